The molecule has 0 radical (unpaired) electrons. The monoisotopic (exact) mass is 303 g/mol. The summed E-state index contributed by atoms with van der Waals surface area (Å²) < 4.78 is 0. The molecule has 0 atom stereocenters. The lowest BCUT2D eigenvalue weighted by atomic mass is 10.0. The van der Waals surface area contributed by atoms with Crippen molar-refractivity contribution >= 4 is 5.69 Å². The number of nitrogens with zero attached hydrogens (tertiary/aromatic N) is 2. The highest BCUT2D eigenvalue weighted by Gasteiger charge is 2.17. The van der Waals surface area contributed by atoms with Crippen LogP contribution < -0.4 is 15.6 Å². The van der Waals surface area contributed by atoms with E-state index in [0.29, 0.717) is 5.56 Å². The smallest absolute Gasteiger partial charge is 0.234 e. The van der Waals surface area contributed by atoms with Gasteiger partial charge in [0.2, 0.25) is 5.36 Å². The third-order valence-electron chi connectivity index (χ3n) is 3.83. The highest BCUT2D eigenvalue weighted by Crippen LogP contribution is 2.30. The maximum absolute atomic E-state index is 11.3. The van der Waals surface area contributed by atoms with Crippen LogP contribution in [-0.2, 0) is 0 Å². The van der Waals surface area contributed by atoms with E-state index in [4.69, 9.17) is 0 Å². The van der Waals surface area contributed by atoms with E-state index < -0.39 is 0 Å². The van der Waals surface area contributed by atoms with Gasteiger partial charge in [0.25, 0.3) is 0 Å². The molecule has 22 heavy (non-hydrogen) atoms. The first kappa shape index (κ1) is 16.2. The molecule has 0 saturated heterocycles. The van der Waals surface area contributed by atoms with Crippen molar-refractivity contribution in [2.75, 3.05) is 32.5 Å². The Bertz CT molecular complexity index is 687. The molecule has 0 spiro atoms. The third kappa shape index (κ3) is 3.33. The highest BCUT2D eigenvalue weighted by molar-refractivity contribution is 5.79. The number of hydrogen-bond acceptors (Lipinski definition) is 4. The summed E-state index contributed by atoms with van der Waals surface area (Å²) in [6.45, 7) is 5.72. The minimum absolute atomic E-state index is 0.131. The zero-order valence-electron chi connectivity index (χ0n) is 13.6. The van der Waals surface area contributed by atoms with Gasteiger partial charge in [0.05, 0.1) is 16.9 Å². The summed E-state index contributed by atoms with van der Waals surface area (Å²) >= 11 is 0. The molecule has 0 saturated carbocycles. The molecule has 120 valence electrons. The number of H-pyrrole nitrogens is 1. The fraction of sp³-hybridized carbons (Fsp3) is 0.438. The molecule has 0 bridgehead atoms. The molecule has 0 aromatic rings. The number of fused-ring (bicyclic) bond motifs is 1. The second-order valence-electron chi connectivity index (χ2n) is 5.79. The number of nitrogens with one attached hydrogen (secondary N) is 2. The van der Waals surface area contributed by atoms with Crippen molar-refractivity contribution in [2.24, 2.45) is 0 Å². The Balaban J connectivity index is 2.47. The fourth-order valence-electron chi connectivity index (χ4n) is 2.56. The molecule has 0 unspecified atom stereocenters. The second kappa shape index (κ2) is 6.70. The van der Waals surface area contributed by atoms with E-state index in [1.54, 1.807) is 12.1 Å². The molecule has 0 fully saturated rings. The van der Waals surface area contributed by atoms with Gasteiger partial charge in [0, 0.05) is 18.3 Å². The van der Waals surface area contributed by atoms with Crippen LogP contribution in [0, 0.1) is 24.3 Å². The first-order chi connectivity index (χ1) is 10.4. The minimum Gasteiger partial charge on any atom is -0.612 e. The number of rotatable bonds is 5. The second-order valence-corrected chi connectivity index (χ2v) is 5.79. The largest absolute Gasteiger partial charge is 0.612 e. The van der Waals surface area contributed by atoms with E-state index in [-0.39, 0.29) is 10.3 Å². The number of pyridine rings is 1. The van der Waals surface area contributed by atoms with Crippen LogP contribution in [0.5, 0.6) is 0 Å². The molecule has 6 nitrogen and oxygen atoms in total. The molecule has 1 aliphatic heterocycles. The topological polar surface area (TPSA) is 80.2 Å². The van der Waals surface area contributed by atoms with Crippen LogP contribution in [0.3, 0.4) is 0 Å². The van der Waals surface area contributed by atoms with Crippen molar-refractivity contribution in [1.29, 1.82) is 0 Å². The summed E-state index contributed by atoms with van der Waals surface area (Å²) in [7, 11) is 4.07. The van der Waals surface area contributed by atoms with Gasteiger partial charge in [0.15, 0.2) is 0 Å². The highest BCUT2D eigenvalue weighted by atomic mass is 16.8. The number of aromatic amines is 1. The Labute approximate surface area is 130 Å². The first-order valence-corrected chi connectivity index (χ1v) is 7.40. The van der Waals surface area contributed by atoms with Gasteiger partial charge in [-0.15, -0.1) is 0 Å². The Morgan fingerprint density at radius 1 is 1.23 bits per heavy atom. The molecule has 1 aliphatic carbocycles. The van der Waals surface area contributed by atoms with Gasteiger partial charge in [-0.05, 0) is 52.5 Å². The predicted molar refractivity (Wildman–Crippen MR) is 90.6 cm³/mol. The van der Waals surface area contributed by atoms with Crippen LogP contribution in [-0.4, -0.2) is 37.1 Å². The SMILES string of the molecule is Cc1[nH]c2cccc(=[N+]([O-])[O-])c-2c(NCCCN(C)C)c1C. The maximum Gasteiger partial charge on any atom is 0.234 e. The molecular formula is C16H23N4O2-. The summed E-state index contributed by atoms with van der Waals surface area (Å²) in [6.07, 6.45) is 0.978. The van der Waals surface area contributed by atoms with Crippen LogP contribution in [0.25, 0.3) is 11.3 Å². The van der Waals surface area contributed by atoms with Gasteiger partial charge in [-0.2, -0.15) is 4.90 Å². The molecule has 1 heterocycles. The number of benzene rings is 1. The average Bonchev–Trinajstić information content (AvgIpc) is 2.45. The standard InChI is InChI=1S/C16H23N4O2/c1-11-12(2)18-13-7-5-8-14(20(21)22)15(13)16(11)17-9-6-10-19(3)4/h5,7-8,17-18H,6,9-10H2,1-4H3/q-1. The quantitative estimate of drug-likeness (QED) is 0.653. The van der Waals surface area contributed by atoms with Gasteiger partial charge in [0.1, 0.15) is 0 Å². The molecule has 0 aromatic carbocycles. The van der Waals surface area contributed by atoms with Crippen molar-refractivity contribution in [2.45, 2.75) is 20.3 Å². The van der Waals surface area contributed by atoms with Crippen molar-refractivity contribution < 1.29 is 0 Å². The Morgan fingerprint density at radius 2 is 1.95 bits per heavy atom. The molecule has 2 N–H and O–H groups in total. The van der Waals surface area contributed by atoms with E-state index in [9.17, 15) is 10.4 Å². The van der Waals surface area contributed by atoms with Crippen molar-refractivity contribution in [3.8, 4) is 11.3 Å². The van der Waals surface area contributed by atoms with Crippen LogP contribution in [0.4, 0.5) is 5.69 Å². The molecule has 0 amide bonds. The zero-order valence-corrected chi connectivity index (χ0v) is 13.6. The third-order valence-corrected chi connectivity index (χ3v) is 3.83. The van der Waals surface area contributed by atoms with E-state index in [1.165, 1.54) is 0 Å². The normalized spacial score (nSPS) is 11.1. The molecule has 2 rings (SSSR count). The van der Waals surface area contributed by atoms with Gasteiger partial charge in [-0.3, -0.25) is 0 Å². The van der Waals surface area contributed by atoms with Gasteiger partial charge in [-0.1, -0.05) is 6.07 Å². The summed E-state index contributed by atoms with van der Waals surface area (Å²) in [4.78, 5) is 5.05. The van der Waals surface area contributed by atoms with Gasteiger partial charge in [-0.25, -0.2) is 0 Å². The molecule has 0 aromatic heterocycles. The van der Waals surface area contributed by atoms with E-state index >= 15 is 0 Å². The van der Waals surface area contributed by atoms with Crippen LogP contribution in [0.1, 0.15) is 17.7 Å². The van der Waals surface area contributed by atoms with Crippen LogP contribution in [0.15, 0.2) is 18.2 Å². The molecule has 2 aliphatic rings. The fourth-order valence-corrected chi connectivity index (χ4v) is 2.56. The Hall–Kier alpha value is -2.21. The van der Waals surface area contributed by atoms with Crippen molar-refractivity contribution in [3.63, 3.8) is 0 Å². The number of aryl methyl sites for hydroxylation is 1. The lowest BCUT2D eigenvalue weighted by Crippen LogP contribution is -2.24. The first-order valence-electron chi connectivity index (χ1n) is 7.40. The Morgan fingerprint density at radius 3 is 2.59 bits per heavy atom. The summed E-state index contributed by atoms with van der Waals surface area (Å²) in [6, 6.07) is 5.14. The zero-order chi connectivity index (χ0) is 16.3. The molecular weight excluding hydrogens is 280 g/mol. The summed E-state index contributed by atoms with van der Waals surface area (Å²) in [5.74, 6) is 0. The van der Waals surface area contributed by atoms with Gasteiger partial charge >= 0.3 is 0 Å². The van der Waals surface area contributed by atoms with Gasteiger partial charge < -0.3 is 25.6 Å². The number of hydrogen-bond donors (Lipinski definition) is 2. The maximum atomic E-state index is 11.3. The number of anilines is 1. The van der Waals surface area contributed by atoms with Crippen LogP contribution >= 0.6 is 0 Å². The lowest BCUT2D eigenvalue weighted by molar-refractivity contribution is 0.405. The van der Waals surface area contributed by atoms with E-state index in [2.05, 4.69) is 15.2 Å². The van der Waals surface area contributed by atoms with E-state index in [1.807, 2.05) is 34.0 Å². The predicted octanol–water partition coefficient (Wildman–Crippen LogP) is 1.87. The Kier molecular flexibility index (Phi) is 4.92. The lowest BCUT2D eigenvalue weighted by Gasteiger charge is -2.19. The van der Waals surface area contributed by atoms with Crippen LogP contribution in [0.2, 0.25) is 0 Å². The average molecular weight is 303 g/mol. The van der Waals surface area contributed by atoms with Crippen molar-refractivity contribution in [1.82, 2.24) is 14.8 Å². The minimum atomic E-state index is -0.323. The molecule has 6 heteroatoms. The van der Waals surface area contributed by atoms with E-state index in [0.717, 1.165) is 42.1 Å². The number of aromatic nitrogens is 1. The summed E-state index contributed by atoms with van der Waals surface area (Å²) in [5, 5.41) is 26.2. The summed E-state index contributed by atoms with van der Waals surface area (Å²) in [5.41, 5.74) is 4.33. The van der Waals surface area contributed by atoms with Crippen molar-refractivity contribution in [3.05, 3.63) is 45.2 Å².